The zero-order valence-corrected chi connectivity index (χ0v) is 13.4. The molecule has 0 aliphatic rings. The van der Waals surface area contributed by atoms with E-state index in [1.165, 1.54) is 17.0 Å². The van der Waals surface area contributed by atoms with Gasteiger partial charge in [-0.2, -0.15) is 0 Å². The number of hydrogen-bond donors (Lipinski definition) is 2. The largest absolute Gasteiger partial charge is 0.334 e. The molecule has 0 unspecified atom stereocenters. The van der Waals surface area contributed by atoms with E-state index in [9.17, 15) is 8.42 Å². The summed E-state index contributed by atoms with van der Waals surface area (Å²) in [7, 11) is -3.61. The highest BCUT2D eigenvalue weighted by atomic mass is 35.5. The van der Waals surface area contributed by atoms with Crippen LogP contribution >= 0.6 is 23.2 Å². The van der Waals surface area contributed by atoms with Crippen molar-refractivity contribution in [3.8, 4) is 0 Å². The van der Waals surface area contributed by atoms with Crippen LogP contribution in [0.3, 0.4) is 0 Å². The molecule has 0 bridgehead atoms. The summed E-state index contributed by atoms with van der Waals surface area (Å²) in [4.78, 5) is 1.36. The van der Waals surface area contributed by atoms with Crippen LogP contribution in [0.15, 0.2) is 23.1 Å². The summed E-state index contributed by atoms with van der Waals surface area (Å²) in [5.74, 6) is 0. The van der Waals surface area contributed by atoms with E-state index in [2.05, 4.69) is 18.6 Å². The molecule has 7 heteroatoms. The summed E-state index contributed by atoms with van der Waals surface area (Å²) < 4.78 is 26.8. The van der Waals surface area contributed by atoms with Crippen molar-refractivity contribution in [2.45, 2.75) is 18.7 Å². The summed E-state index contributed by atoms with van der Waals surface area (Å²) in [6, 6.07) is 4.40. The monoisotopic (exact) mass is 325 g/mol. The number of benzene rings is 1. The van der Waals surface area contributed by atoms with Gasteiger partial charge in [-0.3, -0.25) is 0 Å². The van der Waals surface area contributed by atoms with Crippen molar-refractivity contribution in [2.75, 3.05) is 26.2 Å². The molecule has 0 fully saturated rings. The molecule has 0 atom stereocenters. The maximum Gasteiger partial charge on any atom is 0.242 e. The molecule has 1 rings (SSSR count). The van der Waals surface area contributed by atoms with Gasteiger partial charge in [0.05, 0.1) is 31.2 Å². The standard InChI is InChI=1S/C12H18Cl2N2O2S/c1-3-16(4-2)8-7-15-19(17,18)12-9-10(13)5-6-11(12)14/h5-6,9,15H,3-4,7-8H2,1-2H3/p+1. The van der Waals surface area contributed by atoms with Crippen LogP contribution in [-0.2, 0) is 10.0 Å². The van der Waals surface area contributed by atoms with Crippen LogP contribution in [0.25, 0.3) is 0 Å². The Kier molecular flexibility index (Phi) is 6.56. The Bertz CT molecular complexity index is 516. The van der Waals surface area contributed by atoms with Crippen molar-refractivity contribution in [1.29, 1.82) is 0 Å². The van der Waals surface area contributed by atoms with Gasteiger partial charge in [-0.25, -0.2) is 13.1 Å². The molecule has 2 N–H and O–H groups in total. The van der Waals surface area contributed by atoms with Crippen LogP contribution in [0.1, 0.15) is 13.8 Å². The molecule has 0 saturated heterocycles. The Labute approximate surface area is 124 Å². The van der Waals surface area contributed by atoms with Crippen LogP contribution < -0.4 is 9.62 Å². The Morgan fingerprint density at radius 2 is 1.84 bits per heavy atom. The molecule has 0 saturated carbocycles. The van der Waals surface area contributed by atoms with Crippen LogP contribution in [0, 0.1) is 0 Å². The molecule has 0 aliphatic carbocycles. The lowest BCUT2D eigenvalue weighted by atomic mass is 10.4. The third-order valence-corrected chi connectivity index (χ3v) is 5.13. The van der Waals surface area contributed by atoms with E-state index < -0.39 is 10.0 Å². The number of halogens is 2. The number of quaternary nitrogens is 1. The van der Waals surface area contributed by atoms with Crippen LogP contribution in [0.2, 0.25) is 10.0 Å². The zero-order chi connectivity index (χ0) is 14.5. The number of sulfonamides is 1. The van der Waals surface area contributed by atoms with Gasteiger partial charge in [0, 0.05) is 5.02 Å². The topological polar surface area (TPSA) is 50.6 Å². The SMILES string of the molecule is CC[NH+](CC)CCNS(=O)(=O)c1cc(Cl)ccc1Cl. The highest BCUT2D eigenvalue weighted by molar-refractivity contribution is 7.89. The van der Waals surface area contributed by atoms with E-state index in [-0.39, 0.29) is 9.92 Å². The van der Waals surface area contributed by atoms with Crippen molar-refractivity contribution in [2.24, 2.45) is 0 Å². The third kappa shape index (κ3) is 4.93. The first-order valence-corrected chi connectivity index (χ1v) is 8.43. The fraction of sp³-hybridized carbons (Fsp3) is 0.500. The summed E-state index contributed by atoms with van der Waals surface area (Å²) in [5.41, 5.74) is 0. The lowest BCUT2D eigenvalue weighted by molar-refractivity contribution is -0.895. The molecule has 4 nitrogen and oxygen atoms in total. The minimum absolute atomic E-state index is 0.0243. The van der Waals surface area contributed by atoms with Gasteiger partial charge in [0.25, 0.3) is 0 Å². The first kappa shape index (κ1) is 16.7. The first-order valence-electron chi connectivity index (χ1n) is 6.19. The van der Waals surface area contributed by atoms with Crippen molar-refractivity contribution < 1.29 is 13.3 Å². The molecule has 1 aromatic carbocycles. The molecule has 0 amide bonds. The second kappa shape index (κ2) is 7.45. The van der Waals surface area contributed by atoms with E-state index in [1.54, 1.807) is 6.07 Å². The zero-order valence-electron chi connectivity index (χ0n) is 11.0. The normalized spacial score (nSPS) is 12.1. The smallest absolute Gasteiger partial charge is 0.242 e. The second-order valence-corrected chi connectivity index (χ2v) is 6.76. The average Bonchev–Trinajstić information content (AvgIpc) is 2.37. The number of hydrogen-bond acceptors (Lipinski definition) is 2. The molecule has 108 valence electrons. The maximum absolute atomic E-state index is 12.1. The molecule has 0 radical (unpaired) electrons. The lowest BCUT2D eigenvalue weighted by Gasteiger charge is -2.15. The van der Waals surface area contributed by atoms with Crippen LogP contribution in [0.4, 0.5) is 0 Å². The van der Waals surface area contributed by atoms with E-state index in [0.717, 1.165) is 19.6 Å². The summed E-state index contributed by atoms with van der Waals surface area (Å²) in [5, 5.41) is 0.520. The van der Waals surface area contributed by atoms with E-state index >= 15 is 0 Å². The van der Waals surface area contributed by atoms with Crippen molar-refractivity contribution >= 4 is 33.2 Å². The van der Waals surface area contributed by atoms with Gasteiger partial charge >= 0.3 is 0 Å². The van der Waals surface area contributed by atoms with Gasteiger partial charge in [-0.05, 0) is 32.0 Å². The average molecular weight is 326 g/mol. The molecule has 0 spiro atoms. The Morgan fingerprint density at radius 3 is 2.42 bits per heavy atom. The molecule has 0 heterocycles. The molecule has 0 aliphatic heterocycles. The highest BCUT2D eigenvalue weighted by Gasteiger charge is 2.18. The third-order valence-electron chi connectivity index (χ3n) is 2.95. The second-order valence-electron chi connectivity index (χ2n) is 4.18. The van der Waals surface area contributed by atoms with Crippen LogP contribution in [0.5, 0.6) is 0 Å². The Hall–Kier alpha value is -0.330. The first-order chi connectivity index (χ1) is 8.90. The molecular weight excluding hydrogens is 307 g/mol. The molecular formula is C12H19Cl2N2O2S+. The predicted molar refractivity (Wildman–Crippen MR) is 78.6 cm³/mol. The van der Waals surface area contributed by atoms with Gasteiger partial charge in [0.15, 0.2) is 0 Å². The van der Waals surface area contributed by atoms with E-state index in [0.29, 0.717) is 11.6 Å². The Morgan fingerprint density at radius 1 is 1.21 bits per heavy atom. The fourth-order valence-electron chi connectivity index (χ4n) is 1.73. The van der Waals surface area contributed by atoms with Gasteiger partial charge < -0.3 is 4.90 Å². The minimum Gasteiger partial charge on any atom is -0.334 e. The maximum atomic E-state index is 12.1. The van der Waals surface area contributed by atoms with Crippen molar-refractivity contribution in [3.63, 3.8) is 0 Å². The quantitative estimate of drug-likeness (QED) is 0.791. The van der Waals surface area contributed by atoms with Crippen LogP contribution in [-0.4, -0.2) is 34.6 Å². The van der Waals surface area contributed by atoms with Crippen molar-refractivity contribution in [3.05, 3.63) is 28.2 Å². The predicted octanol–water partition coefficient (Wildman–Crippen LogP) is 1.20. The summed E-state index contributed by atoms with van der Waals surface area (Å²) in [6.07, 6.45) is 0. The van der Waals surface area contributed by atoms with Gasteiger partial charge in [0.1, 0.15) is 4.90 Å². The molecule has 19 heavy (non-hydrogen) atoms. The Balaban J connectivity index is 2.73. The fourth-order valence-corrected chi connectivity index (χ4v) is 3.52. The van der Waals surface area contributed by atoms with E-state index in [1.807, 2.05) is 0 Å². The molecule has 1 aromatic rings. The summed E-state index contributed by atoms with van der Waals surface area (Å²) in [6.45, 7) is 7.20. The van der Waals surface area contributed by atoms with Gasteiger partial charge in [0.2, 0.25) is 10.0 Å². The van der Waals surface area contributed by atoms with Crippen molar-refractivity contribution in [1.82, 2.24) is 4.72 Å². The number of rotatable bonds is 7. The summed E-state index contributed by atoms with van der Waals surface area (Å²) >= 11 is 11.7. The number of nitrogens with one attached hydrogen (secondary N) is 2. The van der Waals surface area contributed by atoms with Gasteiger partial charge in [-0.15, -0.1) is 0 Å². The van der Waals surface area contributed by atoms with E-state index in [4.69, 9.17) is 23.2 Å². The molecule has 0 aromatic heterocycles. The highest BCUT2D eigenvalue weighted by Crippen LogP contribution is 2.24. The number of likely N-dealkylation sites (N-methyl/N-ethyl adjacent to an activating group) is 1. The minimum atomic E-state index is -3.61. The lowest BCUT2D eigenvalue weighted by Crippen LogP contribution is -3.12. The van der Waals surface area contributed by atoms with Gasteiger partial charge in [-0.1, -0.05) is 23.2 Å².